The predicted molar refractivity (Wildman–Crippen MR) is 106 cm³/mol. The lowest BCUT2D eigenvalue weighted by Gasteiger charge is -2.08. The van der Waals surface area contributed by atoms with E-state index >= 15 is 0 Å². The number of anilines is 2. The quantitative estimate of drug-likeness (QED) is 0.610. The Balaban J connectivity index is 1.87. The number of carboxylic acids is 1. The van der Waals surface area contributed by atoms with E-state index in [4.69, 9.17) is 9.84 Å². The van der Waals surface area contributed by atoms with E-state index in [9.17, 15) is 14.4 Å². The second-order valence-electron chi connectivity index (χ2n) is 5.42. The maximum atomic E-state index is 12.3. The molecule has 0 saturated heterocycles. The van der Waals surface area contributed by atoms with Gasteiger partial charge in [0.1, 0.15) is 5.75 Å². The molecule has 27 heavy (non-hydrogen) atoms. The molecule has 0 aliphatic carbocycles. The summed E-state index contributed by atoms with van der Waals surface area (Å²) >= 11 is 1.02. The van der Waals surface area contributed by atoms with Gasteiger partial charge in [-0.15, -0.1) is 11.8 Å². The van der Waals surface area contributed by atoms with Crippen molar-refractivity contribution in [3.8, 4) is 5.75 Å². The lowest BCUT2D eigenvalue weighted by Crippen LogP contribution is -2.16. The predicted octanol–water partition coefficient (Wildman–Crippen LogP) is 3.09. The largest absolute Gasteiger partial charge is 0.494 e. The number of rotatable bonds is 9. The van der Waals surface area contributed by atoms with Crippen LogP contribution in [0.2, 0.25) is 0 Å². The van der Waals surface area contributed by atoms with Gasteiger partial charge in [-0.2, -0.15) is 0 Å². The fourth-order valence-electron chi connectivity index (χ4n) is 2.14. The minimum absolute atomic E-state index is 0.0479. The fraction of sp³-hybridized carbons (Fsp3) is 0.211. The number of nitrogens with one attached hydrogen (secondary N) is 2. The smallest absolute Gasteiger partial charge is 0.313 e. The van der Waals surface area contributed by atoms with Crippen molar-refractivity contribution < 1.29 is 24.2 Å². The fourth-order valence-corrected chi connectivity index (χ4v) is 2.67. The Bertz CT molecular complexity index is 791. The number of hydrogen-bond donors (Lipinski definition) is 3. The average molecular weight is 388 g/mol. The normalized spacial score (nSPS) is 10.1. The van der Waals surface area contributed by atoms with Crippen molar-refractivity contribution >= 4 is 40.9 Å². The molecule has 8 heteroatoms. The number of thioether (sulfide) groups is 1. The SMILES string of the molecule is CCOc1ccc(NC(=O)c2ccc(NC(=O)CSCC(=O)O)cc2)cc1. The first-order chi connectivity index (χ1) is 13.0. The molecular formula is C19H20N2O5S. The highest BCUT2D eigenvalue weighted by molar-refractivity contribution is 8.00. The molecule has 0 heterocycles. The van der Waals surface area contributed by atoms with E-state index in [0.717, 1.165) is 17.5 Å². The summed E-state index contributed by atoms with van der Waals surface area (Å²) in [5, 5.41) is 14.0. The van der Waals surface area contributed by atoms with Crippen LogP contribution in [-0.4, -0.2) is 41.0 Å². The molecule has 0 bridgehead atoms. The summed E-state index contributed by atoms with van der Waals surface area (Å²) in [7, 11) is 0. The molecule has 7 nitrogen and oxygen atoms in total. The third-order valence-electron chi connectivity index (χ3n) is 3.31. The standard InChI is InChI=1S/C19H20N2O5S/c1-2-26-16-9-7-15(8-10-16)21-19(25)13-3-5-14(6-4-13)20-17(22)11-27-12-18(23)24/h3-10H,2,11-12H2,1H3,(H,20,22)(H,21,25)(H,23,24). The number of carbonyl (C=O) groups is 3. The minimum Gasteiger partial charge on any atom is -0.494 e. The zero-order valence-corrected chi connectivity index (χ0v) is 15.5. The third-order valence-corrected chi connectivity index (χ3v) is 4.23. The molecule has 2 amide bonds. The molecule has 0 aliphatic heterocycles. The summed E-state index contributed by atoms with van der Waals surface area (Å²) in [4.78, 5) is 34.4. The minimum atomic E-state index is -0.962. The van der Waals surface area contributed by atoms with Crippen molar-refractivity contribution in [2.45, 2.75) is 6.92 Å². The highest BCUT2D eigenvalue weighted by Crippen LogP contribution is 2.17. The van der Waals surface area contributed by atoms with Crippen LogP contribution < -0.4 is 15.4 Å². The average Bonchev–Trinajstić information content (AvgIpc) is 2.64. The highest BCUT2D eigenvalue weighted by Gasteiger charge is 2.08. The molecule has 0 saturated carbocycles. The number of hydrogen-bond acceptors (Lipinski definition) is 5. The van der Waals surface area contributed by atoms with Crippen LogP contribution in [0.1, 0.15) is 17.3 Å². The van der Waals surface area contributed by atoms with Gasteiger partial charge >= 0.3 is 5.97 Å². The summed E-state index contributed by atoms with van der Waals surface area (Å²) < 4.78 is 5.35. The zero-order valence-electron chi connectivity index (χ0n) is 14.7. The number of benzene rings is 2. The molecule has 0 unspecified atom stereocenters. The lowest BCUT2D eigenvalue weighted by atomic mass is 10.2. The summed E-state index contributed by atoms with van der Waals surface area (Å²) in [6, 6.07) is 13.5. The summed E-state index contributed by atoms with van der Waals surface area (Å²) in [6.07, 6.45) is 0. The van der Waals surface area contributed by atoms with Gasteiger partial charge in [-0.3, -0.25) is 14.4 Å². The van der Waals surface area contributed by atoms with E-state index in [0.29, 0.717) is 23.5 Å². The van der Waals surface area contributed by atoms with E-state index in [1.54, 1.807) is 48.5 Å². The second kappa shape index (κ2) is 10.2. The van der Waals surface area contributed by atoms with Crippen LogP contribution in [0.4, 0.5) is 11.4 Å². The topological polar surface area (TPSA) is 105 Å². The molecule has 142 valence electrons. The Morgan fingerprint density at radius 1 is 0.926 bits per heavy atom. The number of ether oxygens (including phenoxy) is 1. The molecule has 0 aromatic heterocycles. The van der Waals surface area contributed by atoms with Crippen LogP contribution in [0.5, 0.6) is 5.75 Å². The van der Waals surface area contributed by atoms with Crippen molar-refractivity contribution in [2.75, 3.05) is 28.7 Å². The molecule has 2 aromatic carbocycles. The Morgan fingerprint density at radius 2 is 1.52 bits per heavy atom. The number of carboxylic acid groups (broad SMARTS) is 1. The molecular weight excluding hydrogens is 368 g/mol. The van der Waals surface area contributed by atoms with Crippen LogP contribution in [0.15, 0.2) is 48.5 Å². The first-order valence-corrected chi connectivity index (χ1v) is 9.37. The van der Waals surface area contributed by atoms with Crippen molar-refractivity contribution in [1.82, 2.24) is 0 Å². The second-order valence-corrected chi connectivity index (χ2v) is 6.41. The van der Waals surface area contributed by atoms with E-state index in [-0.39, 0.29) is 23.3 Å². The maximum absolute atomic E-state index is 12.3. The Kier molecular flexibility index (Phi) is 7.69. The van der Waals surface area contributed by atoms with Crippen LogP contribution in [0.3, 0.4) is 0 Å². The summed E-state index contributed by atoms with van der Waals surface area (Å²) in [5.41, 5.74) is 1.63. The molecule has 2 rings (SSSR count). The molecule has 3 N–H and O–H groups in total. The maximum Gasteiger partial charge on any atom is 0.313 e. The van der Waals surface area contributed by atoms with Crippen LogP contribution in [0, 0.1) is 0 Å². The first kappa shape index (κ1) is 20.3. The molecule has 2 aromatic rings. The van der Waals surface area contributed by atoms with Crippen LogP contribution >= 0.6 is 11.8 Å². The molecule has 0 spiro atoms. The monoisotopic (exact) mass is 388 g/mol. The number of carbonyl (C=O) groups excluding carboxylic acids is 2. The van der Waals surface area contributed by atoms with Gasteiger partial charge in [0.2, 0.25) is 5.91 Å². The van der Waals surface area contributed by atoms with Crippen LogP contribution in [-0.2, 0) is 9.59 Å². The highest BCUT2D eigenvalue weighted by atomic mass is 32.2. The first-order valence-electron chi connectivity index (χ1n) is 8.21. The van der Waals surface area contributed by atoms with E-state index in [1.807, 2.05) is 6.92 Å². The lowest BCUT2D eigenvalue weighted by molar-refractivity contribution is -0.133. The molecule has 0 fully saturated rings. The van der Waals surface area contributed by atoms with E-state index < -0.39 is 5.97 Å². The molecule has 0 aliphatic rings. The van der Waals surface area contributed by atoms with Crippen molar-refractivity contribution in [1.29, 1.82) is 0 Å². The molecule has 0 radical (unpaired) electrons. The molecule has 0 atom stereocenters. The van der Waals surface area contributed by atoms with Gasteiger partial charge in [0.15, 0.2) is 0 Å². The van der Waals surface area contributed by atoms with Gasteiger partial charge in [-0.1, -0.05) is 0 Å². The Morgan fingerprint density at radius 3 is 2.11 bits per heavy atom. The zero-order chi connectivity index (χ0) is 19.6. The van der Waals surface area contributed by atoms with Gasteiger partial charge in [0.25, 0.3) is 5.91 Å². The third kappa shape index (κ3) is 7.02. The van der Waals surface area contributed by atoms with E-state index in [2.05, 4.69) is 10.6 Å². The van der Waals surface area contributed by atoms with Crippen LogP contribution in [0.25, 0.3) is 0 Å². The van der Waals surface area contributed by atoms with Gasteiger partial charge in [-0.05, 0) is 55.5 Å². The number of amides is 2. The van der Waals surface area contributed by atoms with Crippen molar-refractivity contribution in [3.05, 3.63) is 54.1 Å². The Hall–Kier alpha value is -3.00. The summed E-state index contributed by atoms with van der Waals surface area (Å²) in [5.74, 6) is -0.876. The van der Waals surface area contributed by atoms with Gasteiger partial charge in [-0.25, -0.2) is 0 Å². The number of aliphatic carboxylic acids is 1. The van der Waals surface area contributed by atoms with Gasteiger partial charge < -0.3 is 20.5 Å². The Labute approximate surface area is 161 Å². The summed E-state index contributed by atoms with van der Waals surface area (Å²) in [6.45, 7) is 2.48. The van der Waals surface area contributed by atoms with E-state index in [1.165, 1.54) is 0 Å². The van der Waals surface area contributed by atoms with Crippen molar-refractivity contribution in [2.24, 2.45) is 0 Å². The van der Waals surface area contributed by atoms with Crippen molar-refractivity contribution in [3.63, 3.8) is 0 Å². The van der Waals surface area contributed by atoms with Gasteiger partial charge in [0, 0.05) is 16.9 Å². The van der Waals surface area contributed by atoms with Gasteiger partial charge in [0.05, 0.1) is 18.1 Å².